The van der Waals surface area contributed by atoms with Gasteiger partial charge in [-0.3, -0.25) is 4.90 Å². The maximum absolute atomic E-state index is 3.91. The molecule has 3 heteroatoms. The van der Waals surface area contributed by atoms with E-state index in [4.69, 9.17) is 0 Å². The molecule has 0 unspecified atom stereocenters. The van der Waals surface area contributed by atoms with E-state index in [0.29, 0.717) is 10.9 Å². The van der Waals surface area contributed by atoms with Crippen molar-refractivity contribution in [3.05, 3.63) is 66.2 Å². The Kier molecular flexibility index (Phi) is 3.82. The van der Waals surface area contributed by atoms with Gasteiger partial charge in [0, 0.05) is 34.1 Å². The van der Waals surface area contributed by atoms with Crippen molar-refractivity contribution in [2.24, 2.45) is 5.92 Å². The molecule has 1 nitrogen and oxygen atoms in total. The standard InChI is InChI=1S/C18H18BrNS/c19-16-15-12-20(11-13-7-3-1-4-8-13)17(16)18(15)21-14-9-5-2-6-10-14/h1-10,15-18H,11-12H2/t15-,16-,17+,18+/m0/s1. The Labute approximate surface area is 138 Å². The van der Waals surface area contributed by atoms with Crippen LogP contribution in [0.3, 0.4) is 0 Å². The van der Waals surface area contributed by atoms with Crippen molar-refractivity contribution >= 4 is 27.7 Å². The highest BCUT2D eigenvalue weighted by atomic mass is 79.9. The molecule has 3 fully saturated rings. The van der Waals surface area contributed by atoms with Crippen LogP contribution < -0.4 is 0 Å². The van der Waals surface area contributed by atoms with Crippen LogP contribution >= 0.6 is 27.7 Å². The highest BCUT2D eigenvalue weighted by molar-refractivity contribution is 9.09. The van der Waals surface area contributed by atoms with Crippen LogP contribution in [0, 0.1) is 5.92 Å². The molecule has 2 heterocycles. The Morgan fingerprint density at radius 2 is 1.67 bits per heavy atom. The van der Waals surface area contributed by atoms with Gasteiger partial charge in [0.25, 0.3) is 0 Å². The zero-order valence-corrected chi connectivity index (χ0v) is 14.1. The van der Waals surface area contributed by atoms with Crippen LogP contribution in [0.5, 0.6) is 0 Å². The fourth-order valence-corrected chi connectivity index (χ4v) is 6.63. The van der Waals surface area contributed by atoms with Crippen LogP contribution in [0.25, 0.3) is 0 Å². The monoisotopic (exact) mass is 359 g/mol. The quantitative estimate of drug-likeness (QED) is 0.743. The second kappa shape index (κ2) is 5.79. The molecule has 4 atom stereocenters. The van der Waals surface area contributed by atoms with E-state index in [0.717, 1.165) is 17.7 Å². The molecule has 2 aromatic rings. The molecule has 108 valence electrons. The van der Waals surface area contributed by atoms with Gasteiger partial charge < -0.3 is 0 Å². The Morgan fingerprint density at radius 1 is 1.00 bits per heavy atom. The summed E-state index contributed by atoms with van der Waals surface area (Å²) >= 11 is 5.96. The first-order chi connectivity index (χ1) is 10.3. The number of halogens is 1. The van der Waals surface area contributed by atoms with Gasteiger partial charge >= 0.3 is 0 Å². The predicted octanol–water partition coefficient (Wildman–Crippen LogP) is 4.43. The third-order valence-corrected chi connectivity index (χ3v) is 7.27. The second-order valence-electron chi connectivity index (χ2n) is 5.91. The molecule has 0 radical (unpaired) electrons. The van der Waals surface area contributed by atoms with Crippen LogP contribution in [0.4, 0.5) is 0 Å². The number of nitrogens with zero attached hydrogens (tertiary/aromatic N) is 1. The van der Waals surface area contributed by atoms with E-state index in [-0.39, 0.29) is 0 Å². The van der Waals surface area contributed by atoms with Crippen molar-refractivity contribution in [3.63, 3.8) is 0 Å². The molecular weight excluding hydrogens is 342 g/mol. The highest BCUT2D eigenvalue weighted by Gasteiger charge is 2.58. The molecule has 3 aliphatic rings. The summed E-state index contributed by atoms with van der Waals surface area (Å²) in [4.78, 5) is 4.72. The van der Waals surface area contributed by atoms with E-state index in [9.17, 15) is 0 Å². The van der Waals surface area contributed by atoms with Gasteiger partial charge in [-0.25, -0.2) is 0 Å². The molecule has 2 aliphatic heterocycles. The van der Waals surface area contributed by atoms with Gasteiger partial charge in [0.1, 0.15) is 0 Å². The number of rotatable bonds is 4. The molecule has 2 aromatic carbocycles. The van der Waals surface area contributed by atoms with E-state index < -0.39 is 0 Å². The van der Waals surface area contributed by atoms with Crippen molar-refractivity contribution in [1.82, 2.24) is 4.90 Å². The molecule has 2 bridgehead atoms. The lowest BCUT2D eigenvalue weighted by Crippen LogP contribution is -2.51. The average Bonchev–Trinajstić information content (AvgIpc) is 3.04. The largest absolute Gasteiger partial charge is 0.294 e. The van der Waals surface area contributed by atoms with E-state index in [2.05, 4.69) is 93.3 Å². The summed E-state index contributed by atoms with van der Waals surface area (Å²) in [6.07, 6.45) is 0. The molecule has 0 spiro atoms. The van der Waals surface area contributed by atoms with Gasteiger partial charge in [-0.2, -0.15) is 0 Å². The van der Waals surface area contributed by atoms with E-state index in [1.165, 1.54) is 17.0 Å². The Balaban J connectivity index is 1.46. The van der Waals surface area contributed by atoms with Gasteiger partial charge in [0.2, 0.25) is 0 Å². The van der Waals surface area contributed by atoms with Crippen molar-refractivity contribution in [2.45, 2.75) is 27.6 Å². The minimum atomic E-state index is 0.667. The van der Waals surface area contributed by atoms with Crippen LogP contribution in [0.15, 0.2) is 65.6 Å². The maximum atomic E-state index is 3.91. The summed E-state index contributed by atoms with van der Waals surface area (Å²) in [5.74, 6) is 0.781. The van der Waals surface area contributed by atoms with E-state index >= 15 is 0 Å². The molecular formula is C18H18BrNS. The fraction of sp³-hybridized carbons (Fsp3) is 0.333. The average molecular weight is 360 g/mol. The molecule has 2 saturated heterocycles. The molecule has 0 N–H and O–H groups in total. The third kappa shape index (κ3) is 2.56. The minimum Gasteiger partial charge on any atom is -0.294 e. The summed E-state index contributed by atoms with van der Waals surface area (Å²) in [5, 5.41) is 0.737. The van der Waals surface area contributed by atoms with Crippen molar-refractivity contribution < 1.29 is 0 Å². The minimum absolute atomic E-state index is 0.667. The molecule has 5 rings (SSSR count). The number of hydrogen-bond acceptors (Lipinski definition) is 2. The highest BCUT2D eigenvalue weighted by Crippen LogP contribution is 2.53. The van der Waals surface area contributed by atoms with Gasteiger partial charge in [-0.15, -0.1) is 11.8 Å². The number of alkyl halides is 1. The molecule has 1 saturated carbocycles. The number of hydrogen-bond donors (Lipinski definition) is 0. The number of benzene rings is 2. The smallest absolute Gasteiger partial charge is 0.0364 e. The van der Waals surface area contributed by atoms with E-state index in [1.807, 2.05) is 0 Å². The lowest BCUT2D eigenvalue weighted by molar-refractivity contribution is 0.257. The summed E-state index contributed by atoms with van der Waals surface area (Å²) in [7, 11) is 0. The third-order valence-electron chi connectivity index (χ3n) is 4.60. The van der Waals surface area contributed by atoms with Crippen molar-refractivity contribution in [3.8, 4) is 0 Å². The SMILES string of the molecule is Br[C@H]1[C@@H]2CN(Cc3ccccc3)[C@H]1[C@@H]2Sc1ccccc1. The van der Waals surface area contributed by atoms with Crippen molar-refractivity contribution in [2.75, 3.05) is 6.54 Å². The zero-order valence-electron chi connectivity index (χ0n) is 11.7. The van der Waals surface area contributed by atoms with Crippen LogP contribution in [-0.2, 0) is 6.54 Å². The Hall–Kier alpha value is -0.770. The van der Waals surface area contributed by atoms with Gasteiger partial charge in [0.15, 0.2) is 0 Å². The van der Waals surface area contributed by atoms with Crippen LogP contribution in [-0.4, -0.2) is 27.6 Å². The molecule has 0 aromatic heterocycles. The summed E-state index contributed by atoms with van der Waals surface area (Å²) in [6, 6.07) is 22.3. The first kappa shape index (κ1) is 13.9. The van der Waals surface area contributed by atoms with E-state index in [1.54, 1.807) is 0 Å². The Bertz CT molecular complexity index is 560. The molecule has 1 aliphatic carbocycles. The topological polar surface area (TPSA) is 3.24 Å². The summed E-state index contributed by atoms with van der Waals surface area (Å²) in [5.41, 5.74) is 1.42. The normalized spacial score (nSPS) is 31.1. The Morgan fingerprint density at radius 3 is 2.38 bits per heavy atom. The fourth-order valence-electron chi connectivity index (χ4n) is 3.53. The van der Waals surface area contributed by atoms with Crippen LogP contribution in [0.1, 0.15) is 5.56 Å². The lowest BCUT2D eigenvalue weighted by Gasteiger charge is -2.41. The van der Waals surface area contributed by atoms with Crippen LogP contribution in [0.2, 0.25) is 0 Å². The maximum Gasteiger partial charge on any atom is 0.0364 e. The second-order valence-corrected chi connectivity index (χ2v) is 8.22. The zero-order chi connectivity index (χ0) is 14.2. The van der Waals surface area contributed by atoms with Gasteiger partial charge in [-0.1, -0.05) is 64.5 Å². The predicted molar refractivity (Wildman–Crippen MR) is 92.9 cm³/mol. The van der Waals surface area contributed by atoms with Gasteiger partial charge in [-0.05, 0) is 23.6 Å². The number of thioether (sulfide) groups is 1. The molecule has 0 amide bonds. The summed E-state index contributed by atoms with van der Waals surface area (Å²) in [6.45, 7) is 2.30. The van der Waals surface area contributed by atoms with Crippen molar-refractivity contribution in [1.29, 1.82) is 0 Å². The first-order valence-electron chi connectivity index (χ1n) is 7.47. The van der Waals surface area contributed by atoms with Gasteiger partial charge in [0.05, 0.1) is 0 Å². The molecule has 21 heavy (non-hydrogen) atoms. The summed E-state index contributed by atoms with van der Waals surface area (Å²) < 4.78 is 0. The number of fused-ring (bicyclic) bond motifs is 1. The lowest BCUT2D eigenvalue weighted by atomic mass is 9.85. The first-order valence-corrected chi connectivity index (χ1v) is 9.26.